The highest BCUT2D eigenvalue weighted by Gasteiger charge is 2.12. The number of fused-ring (bicyclic) bond motifs is 1. The molecule has 1 heterocycles. The second-order valence-corrected chi connectivity index (χ2v) is 7.25. The van der Waals surface area contributed by atoms with Crippen molar-refractivity contribution in [2.24, 2.45) is 0 Å². The Balaban J connectivity index is 1.69. The van der Waals surface area contributed by atoms with E-state index in [-0.39, 0.29) is 18.3 Å². The topological polar surface area (TPSA) is 92.1 Å². The molecule has 1 aromatic heterocycles. The van der Waals surface area contributed by atoms with Crippen LogP contribution in [0.1, 0.15) is 28.4 Å². The van der Waals surface area contributed by atoms with Crippen LogP contribution in [-0.4, -0.2) is 29.2 Å². The fourth-order valence-corrected chi connectivity index (χ4v) is 3.50. The maximum atomic E-state index is 12.3. The number of aryl methyl sites for hydroxylation is 1. The molecule has 0 aliphatic carbocycles. The van der Waals surface area contributed by atoms with E-state index in [1.54, 1.807) is 37.3 Å². The van der Waals surface area contributed by atoms with Crippen molar-refractivity contribution in [3.8, 4) is 6.07 Å². The molecule has 3 aromatic rings. The number of amides is 1. The second kappa shape index (κ2) is 9.22. The zero-order valence-electron chi connectivity index (χ0n) is 16.1. The first-order chi connectivity index (χ1) is 14.0. The highest BCUT2D eigenvalue weighted by atomic mass is 32.2. The van der Waals surface area contributed by atoms with Crippen LogP contribution in [0.15, 0.2) is 53.6 Å². The standard InChI is InChI=1S/C22H19N3O3S/c1-3-28-22(27)15-5-4-6-18(11-15)24-20(26)13-29-21-17(12-23)10-16-9-14(2)7-8-19(16)25-21/h4-11H,3,13H2,1-2H3,(H,24,26). The van der Waals surface area contributed by atoms with Crippen molar-refractivity contribution in [2.45, 2.75) is 18.9 Å². The average molecular weight is 405 g/mol. The quantitative estimate of drug-likeness (QED) is 0.485. The van der Waals surface area contributed by atoms with E-state index in [2.05, 4.69) is 16.4 Å². The Bertz CT molecular complexity index is 1120. The molecule has 0 spiro atoms. The van der Waals surface area contributed by atoms with Gasteiger partial charge in [-0.25, -0.2) is 9.78 Å². The largest absolute Gasteiger partial charge is 0.462 e. The molecule has 0 saturated carbocycles. The molecule has 0 aliphatic rings. The lowest BCUT2D eigenvalue weighted by Crippen LogP contribution is -2.15. The normalized spacial score (nSPS) is 10.4. The summed E-state index contributed by atoms with van der Waals surface area (Å²) in [6, 6.07) is 16.3. The molecule has 0 fully saturated rings. The van der Waals surface area contributed by atoms with Crippen molar-refractivity contribution in [2.75, 3.05) is 17.7 Å². The number of nitrogens with one attached hydrogen (secondary N) is 1. The van der Waals surface area contributed by atoms with Crippen LogP contribution in [0, 0.1) is 18.3 Å². The van der Waals surface area contributed by atoms with Crippen molar-refractivity contribution < 1.29 is 14.3 Å². The predicted octanol–water partition coefficient (Wildman–Crippen LogP) is 4.32. The van der Waals surface area contributed by atoms with Crippen LogP contribution in [0.25, 0.3) is 10.9 Å². The highest BCUT2D eigenvalue weighted by Crippen LogP contribution is 2.25. The van der Waals surface area contributed by atoms with Gasteiger partial charge in [0.1, 0.15) is 11.1 Å². The van der Waals surface area contributed by atoms with E-state index in [9.17, 15) is 14.9 Å². The number of benzene rings is 2. The summed E-state index contributed by atoms with van der Waals surface area (Å²) < 4.78 is 4.97. The summed E-state index contributed by atoms with van der Waals surface area (Å²) in [5, 5.41) is 13.6. The minimum Gasteiger partial charge on any atom is -0.462 e. The number of anilines is 1. The van der Waals surface area contributed by atoms with Crippen LogP contribution in [0.2, 0.25) is 0 Å². The lowest BCUT2D eigenvalue weighted by Gasteiger charge is -2.08. The van der Waals surface area contributed by atoms with Gasteiger partial charge in [0.15, 0.2) is 0 Å². The maximum Gasteiger partial charge on any atom is 0.338 e. The Morgan fingerprint density at radius 1 is 1.21 bits per heavy atom. The first-order valence-electron chi connectivity index (χ1n) is 9.01. The summed E-state index contributed by atoms with van der Waals surface area (Å²) in [6.07, 6.45) is 0. The molecule has 0 radical (unpaired) electrons. The first-order valence-corrected chi connectivity index (χ1v) is 10.00. The van der Waals surface area contributed by atoms with Crippen LogP contribution in [0.5, 0.6) is 0 Å². The molecule has 146 valence electrons. The van der Waals surface area contributed by atoms with Gasteiger partial charge in [0.2, 0.25) is 5.91 Å². The summed E-state index contributed by atoms with van der Waals surface area (Å²) in [5.41, 5.74) is 3.18. The molecule has 0 bridgehead atoms. The number of nitrogens with zero attached hydrogens (tertiary/aromatic N) is 2. The van der Waals surface area contributed by atoms with Gasteiger partial charge in [-0.2, -0.15) is 5.26 Å². The van der Waals surface area contributed by atoms with Crippen LogP contribution in [-0.2, 0) is 9.53 Å². The number of rotatable bonds is 6. The molecule has 2 aromatic carbocycles. The Morgan fingerprint density at radius 2 is 2.03 bits per heavy atom. The van der Waals surface area contributed by atoms with Crippen molar-refractivity contribution in [1.82, 2.24) is 4.98 Å². The van der Waals surface area contributed by atoms with Crippen molar-refractivity contribution in [3.05, 3.63) is 65.2 Å². The molecule has 0 unspecified atom stereocenters. The van der Waals surface area contributed by atoms with Crippen LogP contribution in [0.3, 0.4) is 0 Å². The lowest BCUT2D eigenvalue weighted by molar-refractivity contribution is -0.113. The third-order valence-corrected chi connectivity index (χ3v) is 5.04. The molecular weight excluding hydrogens is 386 g/mol. The molecule has 29 heavy (non-hydrogen) atoms. The first kappa shape index (κ1) is 20.4. The summed E-state index contributed by atoms with van der Waals surface area (Å²) >= 11 is 1.20. The van der Waals surface area contributed by atoms with E-state index in [0.717, 1.165) is 16.5 Å². The van der Waals surface area contributed by atoms with Gasteiger partial charge in [0, 0.05) is 11.1 Å². The van der Waals surface area contributed by atoms with Gasteiger partial charge in [-0.05, 0) is 50.2 Å². The minimum atomic E-state index is -0.438. The monoisotopic (exact) mass is 405 g/mol. The van der Waals surface area contributed by atoms with E-state index >= 15 is 0 Å². The van der Waals surface area contributed by atoms with Gasteiger partial charge in [0.25, 0.3) is 0 Å². The lowest BCUT2D eigenvalue weighted by atomic mass is 10.1. The molecule has 7 heteroatoms. The number of carbonyl (C=O) groups excluding carboxylic acids is 2. The third-order valence-electron chi connectivity index (χ3n) is 4.05. The van der Waals surface area contributed by atoms with Gasteiger partial charge < -0.3 is 10.1 Å². The number of esters is 1. The predicted molar refractivity (Wildman–Crippen MR) is 113 cm³/mol. The molecule has 6 nitrogen and oxygen atoms in total. The minimum absolute atomic E-state index is 0.0860. The molecule has 3 rings (SSSR count). The van der Waals surface area contributed by atoms with Crippen LogP contribution in [0.4, 0.5) is 5.69 Å². The molecule has 0 atom stereocenters. The Kier molecular flexibility index (Phi) is 6.47. The number of thioether (sulfide) groups is 1. The third kappa shape index (κ3) is 5.12. The second-order valence-electron chi connectivity index (χ2n) is 6.29. The fraction of sp³-hybridized carbons (Fsp3) is 0.182. The smallest absolute Gasteiger partial charge is 0.338 e. The van der Waals surface area contributed by atoms with Crippen molar-refractivity contribution in [1.29, 1.82) is 5.26 Å². The zero-order valence-corrected chi connectivity index (χ0v) is 16.9. The molecule has 1 amide bonds. The number of aromatic nitrogens is 1. The van der Waals surface area contributed by atoms with Crippen LogP contribution >= 0.6 is 11.8 Å². The number of hydrogen-bond acceptors (Lipinski definition) is 6. The maximum absolute atomic E-state index is 12.3. The molecule has 0 saturated heterocycles. The zero-order chi connectivity index (χ0) is 20.8. The number of nitriles is 1. The van der Waals surface area contributed by atoms with Gasteiger partial charge in [-0.15, -0.1) is 0 Å². The Morgan fingerprint density at radius 3 is 2.79 bits per heavy atom. The Labute approximate surface area is 172 Å². The van der Waals surface area contributed by atoms with Crippen molar-refractivity contribution in [3.63, 3.8) is 0 Å². The number of ether oxygens (including phenoxy) is 1. The van der Waals surface area contributed by atoms with E-state index < -0.39 is 5.97 Å². The number of hydrogen-bond donors (Lipinski definition) is 1. The SMILES string of the molecule is CCOC(=O)c1cccc(NC(=O)CSc2nc3ccc(C)cc3cc2C#N)c1. The van der Waals surface area contributed by atoms with Crippen LogP contribution < -0.4 is 5.32 Å². The summed E-state index contributed by atoms with van der Waals surface area (Å²) in [6.45, 7) is 4.00. The van der Waals surface area contributed by atoms with Crippen molar-refractivity contribution >= 4 is 40.2 Å². The fourth-order valence-electron chi connectivity index (χ4n) is 2.74. The average Bonchev–Trinajstić information content (AvgIpc) is 2.72. The van der Waals surface area contributed by atoms with Gasteiger partial charge in [-0.3, -0.25) is 4.79 Å². The molecule has 1 N–H and O–H groups in total. The van der Waals surface area contributed by atoms with E-state index in [1.807, 2.05) is 25.1 Å². The number of pyridine rings is 1. The highest BCUT2D eigenvalue weighted by molar-refractivity contribution is 8.00. The van der Waals surface area contributed by atoms with E-state index in [0.29, 0.717) is 21.8 Å². The van der Waals surface area contributed by atoms with E-state index in [1.165, 1.54) is 11.8 Å². The van der Waals surface area contributed by atoms with Gasteiger partial charge >= 0.3 is 5.97 Å². The molecular formula is C22H19N3O3S. The summed E-state index contributed by atoms with van der Waals surface area (Å²) in [7, 11) is 0. The molecule has 0 aliphatic heterocycles. The van der Waals surface area contributed by atoms with Gasteiger partial charge in [0.05, 0.1) is 29.0 Å². The Hall–Kier alpha value is -3.37. The summed E-state index contributed by atoms with van der Waals surface area (Å²) in [5.74, 6) is -0.610. The number of carbonyl (C=O) groups is 2. The van der Waals surface area contributed by atoms with Gasteiger partial charge in [-0.1, -0.05) is 29.5 Å². The van der Waals surface area contributed by atoms with E-state index in [4.69, 9.17) is 4.74 Å². The summed E-state index contributed by atoms with van der Waals surface area (Å²) in [4.78, 5) is 28.7.